The average molecular weight is 757 g/mol. The van der Waals surface area contributed by atoms with E-state index in [-0.39, 0.29) is 5.41 Å². The number of para-hydroxylation sites is 1. The van der Waals surface area contributed by atoms with Crippen LogP contribution >= 0.6 is 0 Å². The van der Waals surface area contributed by atoms with Crippen molar-refractivity contribution in [1.82, 2.24) is 19.5 Å². The molecule has 0 spiro atoms. The molecule has 0 bridgehead atoms. The van der Waals surface area contributed by atoms with E-state index in [2.05, 4.69) is 128 Å². The maximum atomic E-state index is 6.92. The van der Waals surface area contributed by atoms with Gasteiger partial charge in [-0.15, -0.1) is 0 Å². The van der Waals surface area contributed by atoms with Gasteiger partial charge in [0.05, 0.1) is 11.0 Å². The zero-order valence-electron chi connectivity index (χ0n) is 32.5. The smallest absolute Gasteiger partial charge is 0.164 e. The molecule has 0 aliphatic heterocycles. The summed E-state index contributed by atoms with van der Waals surface area (Å²) in [6.45, 7) is 4.70. The number of hydrogen-bond donors (Lipinski definition) is 0. The zero-order chi connectivity index (χ0) is 39.2. The van der Waals surface area contributed by atoms with Crippen LogP contribution in [0.3, 0.4) is 0 Å². The third-order valence-corrected chi connectivity index (χ3v) is 12.2. The van der Waals surface area contributed by atoms with Gasteiger partial charge in [-0.25, -0.2) is 15.0 Å². The first kappa shape index (κ1) is 33.5. The van der Waals surface area contributed by atoms with Crippen molar-refractivity contribution in [3.63, 3.8) is 0 Å². The lowest BCUT2D eigenvalue weighted by molar-refractivity contribution is 0.661. The Morgan fingerprint density at radius 3 is 1.76 bits per heavy atom. The first-order valence-electron chi connectivity index (χ1n) is 20.1. The average Bonchev–Trinajstić information content (AvgIpc) is 3.91. The quantitative estimate of drug-likeness (QED) is 0.175. The number of fused-ring (bicyclic) bond motifs is 9. The van der Waals surface area contributed by atoms with Gasteiger partial charge in [-0.2, -0.15) is 0 Å². The topological polar surface area (TPSA) is 56.7 Å². The van der Waals surface area contributed by atoms with Crippen molar-refractivity contribution in [2.75, 3.05) is 0 Å². The van der Waals surface area contributed by atoms with E-state index in [9.17, 15) is 0 Å². The normalized spacial score (nSPS) is 13.1. The second-order valence-corrected chi connectivity index (χ2v) is 16.0. The Morgan fingerprint density at radius 1 is 0.424 bits per heavy atom. The highest BCUT2D eigenvalue weighted by atomic mass is 16.3. The minimum atomic E-state index is -0.141. The Hall–Kier alpha value is -7.63. The van der Waals surface area contributed by atoms with Gasteiger partial charge in [-0.1, -0.05) is 159 Å². The lowest BCUT2D eigenvalue weighted by Crippen LogP contribution is -2.14. The molecule has 1 aliphatic rings. The van der Waals surface area contributed by atoms with E-state index in [0.717, 1.165) is 61.0 Å². The third kappa shape index (κ3) is 5.08. The number of rotatable bonds is 5. The molecule has 5 nitrogen and oxygen atoms in total. The van der Waals surface area contributed by atoms with Crippen LogP contribution < -0.4 is 0 Å². The van der Waals surface area contributed by atoms with Crippen molar-refractivity contribution < 1.29 is 4.42 Å². The predicted molar refractivity (Wildman–Crippen MR) is 241 cm³/mol. The zero-order valence-corrected chi connectivity index (χ0v) is 32.5. The maximum absolute atomic E-state index is 6.92. The number of hydrogen-bond acceptors (Lipinski definition) is 4. The van der Waals surface area contributed by atoms with Crippen molar-refractivity contribution in [1.29, 1.82) is 0 Å². The van der Waals surface area contributed by atoms with E-state index >= 15 is 0 Å². The second-order valence-electron chi connectivity index (χ2n) is 16.0. The second kappa shape index (κ2) is 12.7. The van der Waals surface area contributed by atoms with Gasteiger partial charge in [0, 0.05) is 54.9 Å². The van der Waals surface area contributed by atoms with Crippen LogP contribution in [0, 0.1) is 0 Å². The Kier molecular flexibility index (Phi) is 7.20. The third-order valence-electron chi connectivity index (χ3n) is 12.2. The van der Waals surface area contributed by atoms with Crippen molar-refractivity contribution in [3.8, 4) is 62.1 Å². The molecule has 0 saturated heterocycles. The number of nitrogens with zero attached hydrogens (tertiary/aromatic N) is 4. The van der Waals surface area contributed by atoms with Crippen molar-refractivity contribution >= 4 is 43.7 Å². The van der Waals surface area contributed by atoms with E-state index in [0.29, 0.717) is 17.5 Å². The molecular weight excluding hydrogens is 721 g/mol. The fourth-order valence-electron chi connectivity index (χ4n) is 9.43. The summed E-state index contributed by atoms with van der Waals surface area (Å²) < 4.78 is 9.37. The summed E-state index contributed by atoms with van der Waals surface area (Å²) in [5.74, 6) is 1.83. The Balaban J connectivity index is 1.16. The molecule has 5 heteroatoms. The minimum absolute atomic E-state index is 0.141. The summed E-state index contributed by atoms with van der Waals surface area (Å²) in [4.78, 5) is 15.3. The lowest BCUT2D eigenvalue weighted by Gasteiger charge is -2.21. The highest BCUT2D eigenvalue weighted by molar-refractivity contribution is 6.17. The summed E-state index contributed by atoms with van der Waals surface area (Å²) in [5.41, 5.74) is 15.0. The van der Waals surface area contributed by atoms with Gasteiger partial charge in [-0.05, 0) is 64.2 Å². The van der Waals surface area contributed by atoms with Crippen molar-refractivity contribution in [3.05, 3.63) is 193 Å². The molecule has 0 radical (unpaired) electrons. The van der Waals surface area contributed by atoms with Gasteiger partial charge in [-0.3, -0.25) is 0 Å². The number of furan rings is 1. The van der Waals surface area contributed by atoms with Gasteiger partial charge in [0.2, 0.25) is 0 Å². The lowest BCUT2D eigenvalue weighted by atomic mass is 9.82. The molecule has 0 fully saturated rings. The molecule has 11 aromatic rings. The molecule has 0 unspecified atom stereocenters. The van der Waals surface area contributed by atoms with E-state index in [1.165, 1.54) is 38.5 Å². The Bertz CT molecular complexity index is 3400. The molecule has 0 amide bonds. The number of aromatic nitrogens is 4. The first-order valence-corrected chi connectivity index (χ1v) is 20.1. The minimum Gasteiger partial charge on any atom is -0.455 e. The monoisotopic (exact) mass is 756 g/mol. The van der Waals surface area contributed by atoms with Gasteiger partial charge in [0.25, 0.3) is 0 Å². The fourth-order valence-corrected chi connectivity index (χ4v) is 9.43. The maximum Gasteiger partial charge on any atom is 0.164 e. The summed E-state index contributed by atoms with van der Waals surface area (Å²) >= 11 is 0. The van der Waals surface area contributed by atoms with Crippen LogP contribution in [0.1, 0.15) is 25.0 Å². The van der Waals surface area contributed by atoms with Crippen LogP contribution in [0.5, 0.6) is 0 Å². The molecule has 12 rings (SSSR count). The van der Waals surface area contributed by atoms with Crippen molar-refractivity contribution in [2.45, 2.75) is 19.3 Å². The standard InChI is InChI=1S/C54H36N4O/c1-54(2)44-26-14-12-23-37(44)41-31-42-38-24-13-15-27-46(38)58(47(42)32-45(41)54)36-29-40(33-17-6-3-7-18-33)50-43(30-36)49-39(25-16-28-48(49)59-50)53-56-51(34-19-8-4-9-20-34)55-52(57-53)35-21-10-5-11-22-35/h3-32H,1-2H3. The highest BCUT2D eigenvalue weighted by Crippen LogP contribution is 2.51. The molecule has 3 heterocycles. The van der Waals surface area contributed by atoms with Crippen molar-refractivity contribution in [2.24, 2.45) is 0 Å². The molecule has 0 saturated carbocycles. The molecular formula is C54H36N4O. The first-order chi connectivity index (χ1) is 29.0. The summed E-state index contributed by atoms with van der Waals surface area (Å²) in [6, 6.07) is 64.1. The van der Waals surface area contributed by atoms with Gasteiger partial charge in [0.1, 0.15) is 11.2 Å². The molecule has 3 aromatic heterocycles. The largest absolute Gasteiger partial charge is 0.455 e. The summed E-state index contributed by atoms with van der Waals surface area (Å²) in [6.07, 6.45) is 0. The molecule has 1 aliphatic carbocycles. The van der Waals surface area contributed by atoms with Crippen LogP contribution in [0.4, 0.5) is 0 Å². The van der Waals surface area contributed by atoms with E-state index in [1.807, 2.05) is 72.8 Å². The van der Waals surface area contributed by atoms with Crippen LogP contribution in [0.15, 0.2) is 186 Å². The highest BCUT2D eigenvalue weighted by Gasteiger charge is 2.36. The van der Waals surface area contributed by atoms with Gasteiger partial charge in [0.15, 0.2) is 17.5 Å². The van der Waals surface area contributed by atoms with Gasteiger partial charge < -0.3 is 8.98 Å². The van der Waals surface area contributed by atoms with Crippen LogP contribution in [0.25, 0.3) is 106 Å². The van der Waals surface area contributed by atoms with E-state index < -0.39 is 0 Å². The van der Waals surface area contributed by atoms with Gasteiger partial charge >= 0.3 is 0 Å². The Morgan fingerprint density at radius 2 is 1.03 bits per heavy atom. The van der Waals surface area contributed by atoms with Crippen LogP contribution in [-0.2, 0) is 5.41 Å². The number of benzene rings is 8. The molecule has 0 N–H and O–H groups in total. The van der Waals surface area contributed by atoms with E-state index in [1.54, 1.807) is 0 Å². The predicted octanol–water partition coefficient (Wildman–Crippen LogP) is 13.8. The SMILES string of the molecule is CC1(C)c2ccccc2-c2cc3c4ccccc4n(-c4cc(-c5ccccc5)c5oc6cccc(-c7nc(-c8ccccc8)nc(-c8ccccc8)n7)c6c5c4)c3cc21. The molecule has 59 heavy (non-hydrogen) atoms. The van der Waals surface area contributed by atoms with Crippen LogP contribution in [-0.4, -0.2) is 19.5 Å². The summed E-state index contributed by atoms with van der Waals surface area (Å²) in [7, 11) is 0. The van der Waals surface area contributed by atoms with E-state index in [4.69, 9.17) is 19.4 Å². The summed E-state index contributed by atoms with van der Waals surface area (Å²) in [5, 5.41) is 4.41. The van der Waals surface area contributed by atoms with Crippen LogP contribution in [0.2, 0.25) is 0 Å². The molecule has 0 atom stereocenters. The fraction of sp³-hybridized carbons (Fsp3) is 0.0556. The Labute approximate surface area is 340 Å². The molecule has 8 aromatic carbocycles. The molecule has 278 valence electrons.